The number of unbranched alkanes of at least 4 members (excludes halogenated alkanes) is 5. The SMILES string of the molecule is CCCCCCCCOc1cccc(CNCC2CC2)c1. The minimum Gasteiger partial charge on any atom is -0.494 e. The Kier molecular flexibility index (Phi) is 7.66. The summed E-state index contributed by atoms with van der Waals surface area (Å²) >= 11 is 0. The molecule has 0 aliphatic heterocycles. The second-order valence-electron chi connectivity index (χ2n) is 6.34. The molecule has 1 saturated carbocycles. The standard InChI is InChI=1S/C19H31NO/c1-2-3-4-5-6-7-13-21-19-10-8-9-18(14-19)16-20-15-17-11-12-17/h8-10,14,17,20H,2-7,11-13,15-16H2,1H3. The minimum atomic E-state index is 0.852. The molecule has 0 bridgehead atoms. The summed E-state index contributed by atoms with van der Waals surface area (Å²) in [7, 11) is 0. The third-order valence-electron chi connectivity index (χ3n) is 4.12. The van der Waals surface area contributed by atoms with Crippen molar-refractivity contribution in [3.05, 3.63) is 29.8 Å². The lowest BCUT2D eigenvalue weighted by Gasteiger charge is -2.09. The summed E-state index contributed by atoms with van der Waals surface area (Å²) < 4.78 is 5.87. The molecule has 1 aromatic rings. The molecule has 1 N–H and O–H groups in total. The van der Waals surface area contributed by atoms with Crippen molar-refractivity contribution in [1.82, 2.24) is 5.32 Å². The maximum Gasteiger partial charge on any atom is 0.119 e. The lowest BCUT2D eigenvalue weighted by molar-refractivity contribution is 0.304. The van der Waals surface area contributed by atoms with E-state index in [1.807, 2.05) is 0 Å². The van der Waals surface area contributed by atoms with Crippen LogP contribution in [0.15, 0.2) is 24.3 Å². The molecule has 0 saturated heterocycles. The van der Waals surface area contributed by atoms with Gasteiger partial charge in [0, 0.05) is 6.54 Å². The third-order valence-corrected chi connectivity index (χ3v) is 4.12. The summed E-state index contributed by atoms with van der Waals surface area (Å²) in [5, 5.41) is 3.53. The molecular formula is C19H31NO. The van der Waals surface area contributed by atoms with Crippen LogP contribution in [0.5, 0.6) is 5.75 Å². The fourth-order valence-corrected chi connectivity index (χ4v) is 2.56. The summed E-state index contributed by atoms with van der Waals surface area (Å²) in [5.74, 6) is 1.96. The monoisotopic (exact) mass is 289 g/mol. The molecule has 2 heteroatoms. The van der Waals surface area contributed by atoms with Crippen molar-refractivity contribution in [1.29, 1.82) is 0 Å². The Balaban J connectivity index is 1.56. The molecule has 2 rings (SSSR count). The number of nitrogens with one attached hydrogen (secondary N) is 1. The van der Waals surface area contributed by atoms with Crippen molar-refractivity contribution < 1.29 is 4.74 Å². The predicted molar refractivity (Wildman–Crippen MR) is 89.7 cm³/mol. The van der Waals surface area contributed by atoms with Gasteiger partial charge in [-0.2, -0.15) is 0 Å². The van der Waals surface area contributed by atoms with Crippen LogP contribution in [-0.4, -0.2) is 13.2 Å². The Morgan fingerprint density at radius 3 is 2.71 bits per heavy atom. The van der Waals surface area contributed by atoms with Crippen LogP contribution < -0.4 is 10.1 Å². The molecule has 1 aliphatic rings. The number of hydrogen-bond acceptors (Lipinski definition) is 2. The second-order valence-corrected chi connectivity index (χ2v) is 6.34. The van der Waals surface area contributed by atoms with E-state index in [4.69, 9.17) is 4.74 Å². The molecule has 0 radical (unpaired) electrons. The van der Waals surface area contributed by atoms with Crippen LogP contribution in [0.2, 0.25) is 0 Å². The van der Waals surface area contributed by atoms with Gasteiger partial charge in [-0.05, 0) is 49.4 Å². The van der Waals surface area contributed by atoms with Crippen LogP contribution in [0.4, 0.5) is 0 Å². The van der Waals surface area contributed by atoms with E-state index >= 15 is 0 Å². The zero-order chi connectivity index (χ0) is 14.8. The van der Waals surface area contributed by atoms with Gasteiger partial charge in [-0.15, -0.1) is 0 Å². The Morgan fingerprint density at radius 2 is 1.90 bits per heavy atom. The van der Waals surface area contributed by atoms with Crippen molar-refractivity contribution in [2.75, 3.05) is 13.2 Å². The van der Waals surface area contributed by atoms with Gasteiger partial charge in [0.2, 0.25) is 0 Å². The summed E-state index contributed by atoms with van der Waals surface area (Å²) in [6.45, 7) is 5.24. The highest BCUT2D eigenvalue weighted by molar-refractivity contribution is 5.28. The van der Waals surface area contributed by atoms with Gasteiger partial charge >= 0.3 is 0 Å². The van der Waals surface area contributed by atoms with Crippen LogP contribution in [0.25, 0.3) is 0 Å². The van der Waals surface area contributed by atoms with Crippen molar-refractivity contribution in [3.63, 3.8) is 0 Å². The molecule has 1 fully saturated rings. The predicted octanol–water partition coefficient (Wildman–Crippen LogP) is 4.93. The van der Waals surface area contributed by atoms with E-state index in [2.05, 4.69) is 36.5 Å². The van der Waals surface area contributed by atoms with Crippen LogP contribution in [0.3, 0.4) is 0 Å². The summed E-state index contributed by atoms with van der Waals surface area (Å²) in [6, 6.07) is 8.53. The van der Waals surface area contributed by atoms with Gasteiger partial charge in [-0.3, -0.25) is 0 Å². The Hall–Kier alpha value is -1.02. The lowest BCUT2D eigenvalue weighted by Crippen LogP contribution is -2.16. The van der Waals surface area contributed by atoms with Gasteiger partial charge in [-0.25, -0.2) is 0 Å². The first-order valence-electron chi connectivity index (χ1n) is 8.81. The van der Waals surface area contributed by atoms with Crippen molar-refractivity contribution >= 4 is 0 Å². The minimum absolute atomic E-state index is 0.852. The van der Waals surface area contributed by atoms with Crippen LogP contribution in [0.1, 0.15) is 63.9 Å². The molecule has 0 heterocycles. The molecule has 0 unspecified atom stereocenters. The first-order valence-corrected chi connectivity index (χ1v) is 8.81. The highest BCUT2D eigenvalue weighted by Crippen LogP contribution is 2.27. The quantitative estimate of drug-likeness (QED) is 0.551. The molecule has 0 aromatic heterocycles. The van der Waals surface area contributed by atoms with Crippen LogP contribution >= 0.6 is 0 Å². The zero-order valence-corrected chi connectivity index (χ0v) is 13.6. The molecular weight excluding hydrogens is 258 g/mol. The van der Waals surface area contributed by atoms with Gasteiger partial charge in [0.25, 0.3) is 0 Å². The largest absolute Gasteiger partial charge is 0.494 e. The van der Waals surface area contributed by atoms with E-state index in [0.717, 1.165) is 24.8 Å². The molecule has 0 amide bonds. The van der Waals surface area contributed by atoms with E-state index in [9.17, 15) is 0 Å². The first kappa shape index (κ1) is 16.4. The van der Waals surface area contributed by atoms with Crippen molar-refractivity contribution in [3.8, 4) is 5.75 Å². The maximum absolute atomic E-state index is 5.87. The number of ether oxygens (including phenoxy) is 1. The zero-order valence-electron chi connectivity index (χ0n) is 13.6. The fourth-order valence-electron chi connectivity index (χ4n) is 2.56. The molecule has 0 atom stereocenters. The van der Waals surface area contributed by atoms with Crippen molar-refractivity contribution in [2.24, 2.45) is 5.92 Å². The lowest BCUT2D eigenvalue weighted by atomic mass is 10.1. The van der Waals surface area contributed by atoms with E-state index < -0.39 is 0 Å². The second kappa shape index (κ2) is 9.83. The van der Waals surface area contributed by atoms with Gasteiger partial charge in [0.05, 0.1) is 6.61 Å². The summed E-state index contributed by atoms with van der Waals surface area (Å²) in [4.78, 5) is 0. The van der Waals surface area contributed by atoms with Gasteiger partial charge in [-0.1, -0.05) is 51.2 Å². The first-order chi connectivity index (χ1) is 10.4. The van der Waals surface area contributed by atoms with Crippen molar-refractivity contribution in [2.45, 2.75) is 64.8 Å². The molecule has 0 spiro atoms. The number of benzene rings is 1. The summed E-state index contributed by atoms with van der Waals surface area (Å²) in [5.41, 5.74) is 1.33. The summed E-state index contributed by atoms with van der Waals surface area (Å²) in [6.07, 6.45) is 10.7. The van der Waals surface area contributed by atoms with E-state index in [1.165, 1.54) is 63.5 Å². The Morgan fingerprint density at radius 1 is 1.10 bits per heavy atom. The molecule has 21 heavy (non-hydrogen) atoms. The van der Waals surface area contributed by atoms with E-state index in [0.29, 0.717) is 0 Å². The molecule has 118 valence electrons. The fraction of sp³-hybridized carbons (Fsp3) is 0.684. The normalized spacial score (nSPS) is 14.3. The number of hydrogen-bond donors (Lipinski definition) is 1. The van der Waals surface area contributed by atoms with Gasteiger partial charge < -0.3 is 10.1 Å². The highest BCUT2D eigenvalue weighted by Gasteiger charge is 2.20. The van der Waals surface area contributed by atoms with Crippen LogP contribution in [-0.2, 0) is 6.54 Å². The topological polar surface area (TPSA) is 21.3 Å². The molecule has 1 aromatic carbocycles. The van der Waals surface area contributed by atoms with Gasteiger partial charge in [0.1, 0.15) is 5.75 Å². The smallest absolute Gasteiger partial charge is 0.119 e. The van der Waals surface area contributed by atoms with Crippen LogP contribution in [0, 0.1) is 5.92 Å². The number of rotatable bonds is 12. The van der Waals surface area contributed by atoms with E-state index in [-0.39, 0.29) is 0 Å². The molecule has 2 nitrogen and oxygen atoms in total. The van der Waals surface area contributed by atoms with E-state index in [1.54, 1.807) is 0 Å². The third kappa shape index (κ3) is 7.52. The molecule has 1 aliphatic carbocycles. The Bertz CT molecular complexity index is 387. The van der Waals surface area contributed by atoms with Gasteiger partial charge in [0.15, 0.2) is 0 Å². The maximum atomic E-state index is 5.87. The average molecular weight is 289 g/mol. The average Bonchev–Trinajstić information content (AvgIpc) is 3.31. The highest BCUT2D eigenvalue weighted by atomic mass is 16.5. The Labute approximate surface area is 130 Å².